The number of carboxylic acids is 1. The highest BCUT2D eigenvalue weighted by molar-refractivity contribution is 5.95. The Morgan fingerprint density at radius 2 is 2.25 bits per heavy atom. The summed E-state index contributed by atoms with van der Waals surface area (Å²) in [6, 6.07) is 0.985. The minimum absolute atomic E-state index is 0.0218. The average Bonchev–Trinajstić information content (AvgIpc) is 3.27. The van der Waals surface area contributed by atoms with Crippen LogP contribution >= 0.6 is 0 Å². The lowest BCUT2D eigenvalue weighted by Gasteiger charge is -2.31. The standard InChI is InChI=1S/C17H17FN2O4/c1-2-8-7-24-15-12(17(19)3-4-17)11(18)5-9-13(15)20(8)6-10(14(9)21)16(22)23/h5-6,8H,2-4,7,19H2,1H3,(H,22,23)/t8-/m0/s1. The third kappa shape index (κ3) is 1.91. The number of aromatic carboxylic acids is 1. The molecular formula is C17H17FN2O4. The van der Waals surface area contributed by atoms with Crippen LogP contribution in [0.4, 0.5) is 4.39 Å². The van der Waals surface area contributed by atoms with E-state index in [1.54, 1.807) is 4.57 Å². The van der Waals surface area contributed by atoms with Crippen molar-refractivity contribution in [2.24, 2.45) is 5.73 Å². The number of nitrogens with two attached hydrogens (primary N) is 1. The maximum atomic E-state index is 14.7. The van der Waals surface area contributed by atoms with Gasteiger partial charge in [0.25, 0.3) is 0 Å². The number of aromatic nitrogens is 1. The predicted octanol–water partition coefficient (Wildman–Crippen LogP) is 2.13. The van der Waals surface area contributed by atoms with Crippen molar-refractivity contribution in [1.29, 1.82) is 0 Å². The molecular weight excluding hydrogens is 315 g/mol. The van der Waals surface area contributed by atoms with Crippen molar-refractivity contribution in [1.82, 2.24) is 4.57 Å². The van der Waals surface area contributed by atoms with Gasteiger partial charge in [0.1, 0.15) is 18.0 Å². The van der Waals surface area contributed by atoms with Gasteiger partial charge in [0.2, 0.25) is 5.43 Å². The molecule has 1 saturated carbocycles. The number of rotatable bonds is 3. The Kier molecular flexibility index (Phi) is 3.02. The molecule has 1 aromatic carbocycles. The number of hydrogen-bond acceptors (Lipinski definition) is 4. The fourth-order valence-corrected chi connectivity index (χ4v) is 3.46. The fourth-order valence-electron chi connectivity index (χ4n) is 3.46. The Hall–Kier alpha value is -2.41. The van der Waals surface area contributed by atoms with Gasteiger partial charge in [-0.1, -0.05) is 6.92 Å². The van der Waals surface area contributed by atoms with Crippen molar-refractivity contribution in [3.8, 4) is 5.75 Å². The molecule has 1 aromatic heterocycles. The lowest BCUT2D eigenvalue weighted by molar-refractivity contribution is 0.0694. The van der Waals surface area contributed by atoms with Gasteiger partial charge in [0.05, 0.1) is 22.5 Å². The maximum Gasteiger partial charge on any atom is 0.341 e. The molecule has 6 nitrogen and oxygen atoms in total. The second kappa shape index (κ2) is 4.80. The summed E-state index contributed by atoms with van der Waals surface area (Å²) < 4.78 is 22.2. The Morgan fingerprint density at radius 3 is 2.83 bits per heavy atom. The molecule has 0 saturated heterocycles. The van der Waals surface area contributed by atoms with Crippen molar-refractivity contribution >= 4 is 16.9 Å². The van der Waals surface area contributed by atoms with Gasteiger partial charge in [-0.15, -0.1) is 0 Å². The number of carbonyl (C=O) groups is 1. The summed E-state index contributed by atoms with van der Waals surface area (Å²) in [5.74, 6) is -1.65. The molecule has 2 aliphatic rings. The van der Waals surface area contributed by atoms with Crippen LogP contribution in [0.1, 0.15) is 48.1 Å². The maximum absolute atomic E-state index is 14.7. The van der Waals surface area contributed by atoms with Crippen molar-refractivity contribution in [2.45, 2.75) is 37.8 Å². The summed E-state index contributed by atoms with van der Waals surface area (Å²) in [6.07, 6.45) is 3.34. The van der Waals surface area contributed by atoms with E-state index in [4.69, 9.17) is 10.5 Å². The topological polar surface area (TPSA) is 94.6 Å². The van der Waals surface area contributed by atoms with Gasteiger partial charge in [-0.3, -0.25) is 4.79 Å². The zero-order valence-electron chi connectivity index (χ0n) is 13.1. The Morgan fingerprint density at radius 1 is 1.54 bits per heavy atom. The lowest BCUT2D eigenvalue weighted by atomic mass is 9.97. The first-order chi connectivity index (χ1) is 11.4. The van der Waals surface area contributed by atoms with E-state index in [1.165, 1.54) is 6.20 Å². The van der Waals surface area contributed by atoms with Gasteiger partial charge in [-0.05, 0) is 25.3 Å². The number of nitrogens with zero attached hydrogens (tertiary/aromatic N) is 1. The van der Waals surface area contributed by atoms with Crippen molar-refractivity contribution in [2.75, 3.05) is 6.61 Å². The molecule has 0 unspecified atom stereocenters. The van der Waals surface area contributed by atoms with E-state index in [9.17, 15) is 19.1 Å². The van der Waals surface area contributed by atoms with Crippen molar-refractivity contribution in [3.05, 3.63) is 39.4 Å². The number of ether oxygens (including phenoxy) is 1. The number of halogens is 1. The molecule has 0 bridgehead atoms. The summed E-state index contributed by atoms with van der Waals surface area (Å²) in [6.45, 7) is 2.23. The van der Waals surface area contributed by atoms with Crippen molar-refractivity contribution < 1.29 is 19.0 Å². The lowest BCUT2D eigenvalue weighted by Crippen LogP contribution is -2.30. The highest BCUT2D eigenvalue weighted by Crippen LogP contribution is 2.50. The second-order valence-corrected chi connectivity index (χ2v) is 6.57. The highest BCUT2D eigenvalue weighted by atomic mass is 19.1. The quantitative estimate of drug-likeness (QED) is 0.898. The minimum Gasteiger partial charge on any atom is -0.489 e. The van der Waals surface area contributed by atoms with Crippen LogP contribution in [0.5, 0.6) is 5.75 Å². The van der Waals surface area contributed by atoms with Gasteiger partial charge in [0, 0.05) is 11.7 Å². The molecule has 2 aromatic rings. The molecule has 4 rings (SSSR count). The van der Waals surface area contributed by atoms with Crippen LogP contribution in [0.15, 0.2) is 17.1 Å². The molecule has 1 atom stereocenters. The zero-order valence-corrected chi connectivity index (χ0v) is 13.1. The van der Waals surface area contributed by atoms with Gasteiger partial charge < -0.3 is 20.1 Å². The molecule has 1 aliphatic carbocycles. The summed E-state index contributed by atoms with van der Waals surface area (Å²) in [7, 11) is 0. The van der Waals surface area contributed by atoms with Crippen LogP contribution in [-0.2, 0) is 5.54 Å². The smallest absolute Gasteiger partial charge is 0.341 e. The normalized spacial score (nSPS) is 20.7. The summed E-state index contributed by atoms with van der Waals surface area (Å²) in [5.41, 5.74) is 5.09. The molecule has 0 spiro atoms. The minimum atomic E-state index is -1.32. The van der Waals surface area contributed by atoms with Crippen LogP contribution in [0.25, 0.3) is 10.9 Å². The molecule has 1 fully saturated rings. The van der Waals surface area contributed by atoms with Crippen LogP contribution in [-0.4, -0.2) is 22.2 Å². The fraction of sp³-hybridized carbons (Fsp3) is 0.412. The van der Waals surface area contributed by atoms with E-state index >= 15 is 0 Å². The van der Waals surface area contributed by atoms with Crippen LogP contribution in [0.2, 0.25) is 0 Å². The largest absolute Gasteiger partial charge is 0.489 e. The van der Waals surface area contributed by atoms with Crippen LogP contribution < -0.4 is 15.9 Å². The number of pyridine rings is 1. The van der Waals surface area contributed by atoms with E-state index in [0.29, 0.717) is 30.3 Å². The first-order valence-electron chi connectivity index (χ1n) is 7.94. The summed E-state index contributed by atoms with van der Waals surface area (Å²) in [5, 5.41) is 9.32. The molecule has 2 heterocycles. The number of carboxylic acid groups (broad SMARTS) is 1. The SMILES string of the molecule is CC[C@H]1COc2c(C3(N)CC3)c(F)cc3c(=O)c(C(=O)O)cn1c23. The van der Waals surface area contributed by atoms with E-state index < -0.39 is 22.8 Å². The zero-order chi connectivity index (χ0) is 17.2. The molecule has 3 N–H and O–H groups in total. The Balaban J connectivity index is 2.17. The van der Waals surface area contributed by atoms with E-state index in [0.717, 1.165) is 6.07 Å². The van der Waals surface area contributed by atoms with E-state index in [-0.39, 0.29) is 29.3 Å². The molecule has 126 valence electrons. The van der Waals surface area contributed by atoms with Crippen LogP contribution in [0, 0.1) is 5.82 Å². The van der Waals surface area contributed by atoms with Crippen molar-refractivity contribution in [3.63, 3.8) is 0 Å². The third-order valence-electron chi connectivity index (χ3n) is 5.02. The summed E-state index contributed by atoms with van der Waals surface area (Å²) >= 11 is 0. The molecule has 0 amide bonds. The first kappa shape index (κ1) is 15.1. The van der Waals surface area contributed by atoms with Gasteiger partial charge in [0.15, 0.2) is 5.75 Å². The van der Waals surface area contributed by atoms with E-state index in [2.05, 4.69) is 0 Å². The summed E-state index contributed by atoms with van der Waals surface area (Å²) in [4.78, 5) is 23.9. The molecule has 7 heteroatoms. The van der Waals surface area contributed by atoms with Gasteiger partial charge in [-0.2, -0.15) is 0 Å². The second-order valence-electron chi connectivity index (χ2n) is 6.57. The predicted molar refractivity (Wildman–Crippen MR) is 85.0 cm³/mol. The molecule has 0 radical (unpaired) electrons. The highest BCUT2D eigenvalue weighted by Gasteiger charge is 2.46. The Labute approximate surface area is 136 Å². The molecule has 24 heavy (non-hydrogen) atoms. The van der Waals surface area contributed by atoms with Crippen LogP contribution in [0.3, 0.4) is 0 Å². The van der Waals surface area contributed by atoms with Gasteiger partial charge in [-0.25, -0.2) is 9.18 Å². The number of benzene rings is 1. The average molecular weight is 332 g/mol. The van der Waals surface area contributed by atoms with E-state index in [1.807, 2.05) is 6.92 Å². The first-order valence-corrected chi connectivity index (χ1v) is 7.94. The number of hydrogen-bond donors (Lipinski definition) is 2. The van der Waals surface area contributed by atoms with Gasteiger partial charge >= 0.3 is 5.97 Å². The monoisotopic (exact) mass is 332 g/mol. The third-order valence-corrected chi connectivity index (χ3v) is 5.02. The molecule has 1 aliphatic heterocycles. The Bertz CT molecular complexity index is 946.